The van der Waals surface area contributed by atoms with E-state index in [1.807, 2.05) is 0 Å². The minimum Gasteiger partial charge on any atom is -0.244 e. The number of nitriles is 1. The molecule has 1 aromatic heterocycles. The summed E-state index contributed by atoms with van der Waals surface area (Å²) in [6, 6.07) is 10.8. The summed E-state index contributed by atoms with van der Waals surface area (Å²) in [5.74, 6) is 1.42. The normalized spacial score (nSPS) is 14.3. The van der Waals surface area contributed by atoms with Gasteiger partial charge in [-0.05, 0) is 31.9 Å². The predicted octanol–water partition coefficient (Wildman–Crippen LogP) is 4.49. The van der Waals surface area contributed by atoms with E-state index in [2.05, 4.69) is 42.2 Å². The third-order valence-corrected chi connectivity index (χ3v) is 5.33. The highest BCUT2D eigenvalue weighted by Crippen LogP contribution is 2.43. The second-order valence-corrected chi connectivity index (χ2v) is 6.94. The summed E-state index contributed by atoms with van der Waals surface area (Å²) >= 11 is 3.34. The monoisotopic (exact) mass is 286 g/mol. The van der Waals surface area contributed by atoms with E-state index in [1.165, 1.54) is 23.3 Å². The molecule has 0 N–H and O–H groups in total. The van der Waals surface area contributed by atoms with E-state index < -0.39 is 0 Å². The maximum atomic E-state index is 9.14. The Labute approximate surface area is 121 Å². The van der Waals surface area contributed by atoms with Crippen LogP contribution in [0.3, 0.4) is 0 Å². The Morgan fingerprint density at radius 1 is 1.37 bits per heavy atom. The van der Waals surface area contributed by atoms with Crippen LogP contribution in [0.1, 0.15) is 39.9 Å². The Morgan fingerprint density at radius 2 is 2.11 bits per heavy atom. The lowest BCUT2D eigenvalue weighted by atomic mass is 10.2. The van der Waals surface area contributed by atoms with Crippen molar-refractivity contribution in [3.05, 3.63) is 45.4 Å². The first-order valence-corrected chi connectivity index (χ1v) is 8.15. The molecule has 1 fully saturated rings. The van der Waals surface area contributed by atoms with Crippen molar-refractivity contribution < 1.29 is 0 Å². The van der Waals surface area contributed by atoms with E-state index in [-0.39, 0.29) is 0 Å². The van der Waals surface area contributed by atoms with Gasteiger partial charge in [0.1, 0.15) is 16.0 Å². The molecule has 0 aliphatic heterocycles. The Hall–Kier alpha value is -1.31. The summed E-state index contributed by atoms with van der Waals surface area (Å²) in [6.45, 7) is 2.09. The molecule has 0 radical (unpaired) electrons. The van der Waals surface area contributed by atoms with Gasteiger partial charge in [0.2, 0.25) is 0 Å². The maximum Gasteiger partial charge on any atom is 0.128 e. The fourth-order valence-corrected chi connectivity index (χ4v) is 3.77. The van der Waals surface area contributed by atoms with E-state index in [1.54, 1.807) is 23.1 Å². The SMILES string of the molecule is Cc1ccc(SCc2nc(C3CC3)c(C#N)s2)cc1. The minimum atomic E-state index is 0.559. The smallest absolute Gasteiger partial charge is 0.128 e. The number of thiazole rings is 1. The van der Waals surface area contributed by atoms with Gasteiger partial charge in [-0.2, -0.15) is 5.26 Å². The summed E-state index contributed by atoms with van der Waals surface area (Å²) in [5.41, 5.74) is 2.33. The lowest BCUT2D eigenvalue weighted by Gasteiger charge is -1.99. The summed E-state index contributed by atoms with van der Waals surface area (Å²) in [4.78, 5) is 6.73. The van der Waals surface area contributed by atoms with Crippen molar-refractivity contribution >= 4 is 23.1 Å². The molecule has 1 saturated carbocycles. The average molecular weight is 286 g/mol. The molecule has 0 spiro atoms. The molecule has 0 unspecified atom stereocenters. The molecule has 1 aliphatic rings. The van der Waals surface area contributed by atoms with Crippen LogP contribution >= 0.6 is 23.1 Å². The highest BCUT2D eigenvalue weighted by molar-refractivity contribution is 7.98. The highest BCUT2D eigenvalue weighted by Gasteiger charge is 2.29. The maximum absolute atomic E-state index is 9.14. The Morgan fingerprint density at radius 3 is 2.74 bits per heavy atom. The third kappa shape index (κ3) is 2.99. The first-order chi connectivity index (χ1) is 9.26. The molecule has 1 aliphatic carbocycles. The van der Waals surface area contributed by atoms with Crippen LogP contribution in [0.15, 0.2) is 29.2 Å². The number of hydrogen-bond donors (Lipinski definition) is 0. The molecule has 4 heteroatoms. The van der Waals surface area contributed by atoms with Crippen LogP contribution in [0, 0.1) is 18.3 Å². The number of aromatic nitrogens is 1. The molecule has 96 valence electrons. The van der Waals surface area contributed by atoms with Gasteiger partial charge < -0.3 is 0 Å². The summed E-state index contributed by atoms with van der Waals surface area (Å²) < 4.78 is 0. The first kappa shape index (κ1) is 12.7. The van der Waals surface area contributed by atoms with Gasteiger partial charge in [0.15, 0.2) is 0 Å². The molecule has 2 nitrogen and oxygen atoms in total. The number of hydrogen-bond acceptors (Lipinski definition) is 4. The van der Waals surface area contributed by atoms with Crippen molar-refractivity contribution in [3.63, 3.8) is 0 Å². The molecule has 3 rings (SSSR count). The van der Waals surface area contributed by atoms with Gasteiger partial charge in [-0.1, -0.05) is 17.7 Å². The van der Waals surface area contributed by atoms with Crippen LogP contribution in [0.4, 0.5) is 0 Å². The number of aryl methyl sites for hydroxylation is 1. The standard InChI is InChI=1S/C15H14N2S2/c1-10-2-6-12(7-3-10)18-9-14-17-15(11-4-5-11)13(8-16)19-14/h2-3,6-7,11H,4-5,9H2,1H3. The molecule has 0 saturated heterocycles. The molecule has 0 amide bonds. The van der Waals surface area contributed by atoms with Crippen molar-refractivity contribution in [2.45, 2.75) is 36.3 Å². The molecule has 2 aromatic rings. The zero-order valence-electron chi connectivity index (χ0n) is 10.7. The molecule has 19 heavy (non-hydrogen) atoms. The van der Waals surface area contributed by atoms with Gasteiger partial charge >= 0.3 is 0 Å². The third-order valence-electron chi connectivity index (χ3n) is 3.15. The van der Waals surface area contributed by atoms with Gasteiger partial charge in [-0.25, -0.2) is 4.98 Å². The van der Waals surface area contributed by atoms with Gasteiger partial charge in [0.05, 0.1) is 11.4 Å². The van der Waals surface area contributed by atoms with Crippen molar-refractivity contribution in [1.29, 1.82) is 5.26 Å². The van der Waals surface area contributed by atoms with E-state index in [9.17, 15) is 0 Å². The topological polar surface area (TPSA) is 36.7 Å². The van der Waals surface area contributed by atoms with Gasteiger partial charge in [-0.15, -0.1) is 23.1 Å². The molecule has 0 atom stereocenters. The van der Waals surface area contributed by atoms with Gasteiger partial charge in [-0.3, -0.25) is 0 Å². The summed E-state index contributed by atoms with van der Waals surface area (Å²) in [6.07, 6.45) is 2.39. The second-order valence-electron chi connectivity index (χ2n) is 4.81. The van der Waals surface area contributed by atoms with Crippen LogP contribution in [-0.4, -0.2) is 4.98 Å². The molecule has 1 heterocycles. The van der Waals surface area contributed by atoms with Crippen molar-refractivity contribution in [1.82, 2.24) is 4.98 Å². The van der Waals surface area contributed by atoms with E-state index >= 15 is 0 Å². The fraction of sp³-hybridized carbons (Fsp3) is 0.333. The molecule has 0 bridgehead atoms. The average Bonchev–Trinajstić information content (AvgIpc) is 3.19. The number of benzene rings is 1. The molecule has 1 aromatic carbocycles. The van der Waals surface area contributed by atoms with Crippen LogP contribution in [-0.2, 0) is 5.75 Å². The second kappa shape index (κ2) is 5.36. The number of nitrogens with zero attached hydrogens (tertiary/aromatic N) is 2. The first-order valence-electron chi connectivity index (χ1n) is 6.35. The van der Waals surface area contributed by atoms with Gasteiger partial charge in [0.25, 0.3) is 0 Å². The van der Waals surface area contributed by atoms with E-state index in [0.717, 1.165) is 21.3 Å². The van der Waals surface area contributed by atoms with Crippen LogP contribution in [0.5, 0.6) is 0 Å². The van der Waals surface area contributed by atoms with Crippen LogP contribution in [0.25, 0.3) is 0 Å². The molecular weight excluding hydrogens is 272 g/mol. The number of thioether (sulfide) groups is 1. The highest BCUT2D eigenvalue weighted by atomic mass is 32.2. The number of rotatable bonds is 4. The quantitative estimate of drug-likeness (QED) is 0.777. The van der Waals surface area contributed by atoms with Crippen LogP contribution < -0.4 is 0 Å². The van der Waals surface area contributed by atoms with Crippen molar-refractivity contribution in [2.75, 3.05) is 0 Å². The fourth-order valence-electron chi connectivity index (χ4n) is 1.93. The Balaban J connectivity index is 1.70. The van der Waals surface area contributed by atoms with Gasteiger partial charge in [0, 0.05) is 10.8 Å². The largest absolute Gasteiger partial charge is 0.244 e. The lowest BCUT2D eigenvalue weighted by Crippen LogP contribution is -1.84. The zero-order chi connectivity index (χ0) is 13.2. The van der Waals surface area contributed by atoms with Crippen molar-refractivity contribution in [3.8, 4) is 6.07 Å². The Kier molecular flexibility index (Phi) is 3.58. The van der Waals surface area contributed by atoms with E-state index in [0.29, 0.717) is 5.92 Å². The minimum absolute atomic E-state index is 0.559. The Bertz CT molecular complexity index is 619. The lowest BCUT2D eigenvalue weighted by molar-refractivity contribution is 1.02. The zero-order valence-corrected chi connectivity index (χ0v) is 12.4. The summed E-state index contributed by atoms with van der Waals surface area (Å²) in [5, 5.41) is 10.2. The van der Waals surface area contributed by atoms with E-state index in [4.69, 9.17) is 5.26 Å². The summed E-state index contributed by atoms with van der Waals surface area (Å²) in [7, 11) is 0. The molecular formula is C15H14N2S2. The predicted molar refractivity (Wildman–Crippen MR) is 79.5 cm³/mol. The van der Waals surface area contributed by atoms with Crippen molar-refractivity contribution in [2.24, 2.45) is 0 Å². The van der Waals surface area contributed by atoms with Crippen LogP contribution in [0.2, 0.25) is 0 Å².